The number of carbonyl (C=O) groups is 3. The normalized spacial score (nSPS) is 12.7. The number of benzene rings is 1. The molecule has 0 unspecified atom stereocenters. The van der Waals surface area contributed by atoms with Gasteiger partial charge in [-0.05, 0) is 31.0 Å². The van der Waals surface area contributed by atoms with Gasteiger partial charge in [0.05, 0.1) is 19.1 Å². The van der Waals surface area contributed by atoms with E-state index >= 15 is 0 Å². The van der Waals surface area contributed by atoms with Gasteiger partial charge in [-0.3, -0.25) is 14.4 Å². The number of nitrogens with two attached hydrogens (primary N) is 1. The van der Waals surface area contributed by atoms with Crippen LogP contribution in [0.25, 0.3) is 0 Å². The van der Waals surface area contributed by atoms with Crippen molar-refractivity contribution in [3.05, 3.63) is 29.8 Å². The quantitative estimate of drug-likeness (QED) is 0.429. The number of carbonyl (C=O) groups excluding carboxylic acids is 2. The van der Waals surface area contributed by atoms with Crippen LogP contribution in [0.1, 0.15) is 38.7 Å². The van der Waals surface area contributed by atoms with Gasteiger partial charge in [-0.2, -0.15) is 0 Å². The van der Waals surface area contributed by atoms with Crippen LogP contribution in [0.3, 0.4) is 0 Å². The molecule has 5 N–H and O–H groups in total. The van der Waals surface area contributed by atoms with Gasteiger partial charge in [0.1, 0.15) is 11.8 Å². The number of rotatable bonds is 11. The first kappa shape index (κ1) is 21.4. The molecule has 0 spiro atoms. The molecular formula is C18H27N3O5. The number of nitrogens with one attached hydrogen (secondary N) is 2. The van der Waals surface area contributed by atoms with Crippen molar-refractivity contribution in [2.75, 3.05) is 6.61 Å². The van der Waals surface area contributed by atoms with E-state index in [4.69, 9.17) is 15.6 Å². The number of carboxylic acids is 1. The molecule has 0 heterocycles. The molecule has 0 aromatic heterocycles. The fourth-order valence-electron chi connectivity index (χ4n) is 2.01. The summed E-state index contributed by atoms with van der Waals surface area (Å²) in [6.45, 7) is 4.37. The van der Waals surface area contributed by atoms with E-state index in [1.165, 1.54) is 6.92 Å². The van der Waals surface area contributed by atoms with E-state index in [1.807, 2.05) is 24.3 Å². The van der Waals surface area contributed by atoms with Gasteiger partial charge in [-0.25, -0.2) is 0 Å². The molecule has 0 saturated heterocycles. The summed E-state index contributed by atoms with van der Waals surface area (Å²) in [6, 6.07) is 5.27. The van der Waals surface area contributed by atoms with Crippen molar-refractivity contribution in [1.29, 1.82) is 0 Å². The maximum absolute atomic E-state index is 12.0. The molecular weight excluding hydrogens is 338 g/mol. The molecule has 144 valence electrons. The minimum atomic E-state index is -1.15. The van der Waals surface area contributed by atoms with E-state index in [0.717, 1.165) is 24.2 Å². The molecule has 8 heteroatoms. The summed E-state index contributed by atoms with van der Waals surface area (Å²) in [7, 11) is 0. The maximum atomic E-state index is 12.0. The average Bonchev–Trinajstić information content (AvgIpc) is 2.60. The fourth-order valence-corrected chi connectivity index (χ4v) is 2.01. The zero-order valence-corrected chi connectivity index (χ0v) is 15.2. The Morgan fingerprint density at radius 2 is 1.88 bits per heavy atom. The third-order valence-electron chi connectivity index (χ3n) is 3.65. The molecule has 8 nitrogen and oxygen atoms in total. The highest BCUT2D eigenvalue weighted by Gasteiger charge is 2.20. The lowest BCUT2D eigenvalue weighted by Crippen LogP contribution is -2.46. The van der Waals surface area contributed by atoms with Gasteiger partial charge in [0, 0.05) is 6.54 Å². The summed E-state index contributed by atoms with van der Waals surface area (Å²) >= 11 is 0. The highest BCUT2D eigenvalue weighted by atomic mass is 16.5. The molecule has 0 saturated carbocycles. The minimum Gasteiger partial charge on any atom is -0.494 e. The lowest BCUT2D eigenvalue weighted by atomic mass is 10.1. The average molecular weight is 365 g/mol. The van der Waals surface area contributed by atoms with Crippen LogP contribution < -0.4 is 21.1 Å². The lowest BCUT2D eigenvalue weighted by molar-refractivity contribution is -0.141. The van der Waals surface area contributed by atoms with Gasteiger partial charge in [0.15, 0.2) is 0 Å². The molecule has 0 radical (unpaired) electrons. The second-order valence-electron chi connectivity index (χ2n) is 6.00. The number of ether oxygens (including phenoxy) is 1. The molecule has 2 atom stereocenters. The Kier molecular flexibility index (Phi) is 9.14. The molecule has 0 bridgehead atoms. The third kappa shape index (κ3) is 7.98. The zero-order valence-electron chi connectivity index (χ0n) is 15.2. The molecule has 2 amide bonds. The predicted octanol–water partition coefficient (Wildman–Crippen LogP) is 0.788. The van der Waals surface area contributed by atoms with Crippen molar-refractivity contribution in [2.45, 2.75) is 51.7 Å². The molecule has 0 aliphatic heterocycles. The third-order valence-corrected chi connectivity index (χ3v) is 3.65. The van der Waals surface area contributed by atoms with Gasteiger partial charge in [0.2, 0.25) is 11.8 Å². The fraction of sp³-hybridized carbons (Fsp3) is 0.500. The first-order valence-corrected chi connectivity index (χ1v) is 8.60. The van der Waals surface area contributed by atoms with E-state index in [0.29, 0.717) is 6.61 Å². The Labute approximate surface area is 153 Å². The van der Waals surface area contributed by atoms with Crippen molar-refractivity contribution in [3.8, 4) is 5.75 Å². The summed E-state index contributed by atoms with van der Waals surface area (Å²) in [5.41, 5.74) is 6.56. The second-order valence-corrected chi connectivity index (χ2v) is 6.00. The van der Waals surface area contributed by atoms with E-state index in [-0.39, 0.29) is 13.0 Å². The molecule has 1 rings (SSSR count). The van der Waals surface area contributed by atoms with E-state index in [2.05, 4.69) is 17.6 Å². The van der Waals surface area contributed by atoms with Crippen molar-refractivity contribution >= 4 is 17.8 Å². The Balaban J connectivity index is 2.38. The van der Waals surface area contributed by atoms with Crippen LogP contribution in [-0.2, 0) is 20.9 Å². The van der Waals surface area contributed by atoms with Crippen LogP contribution in [0.15, 0.2) is 24.3 Å². The van der Waals surface area contributed by atoms with Gasteiger partial charge >= 0.3 is 5.97 Å². The zero-order chi connectivity index (χ0) is 19.5. The first-order valence-electron chi connectivity index (χ1n) is 8.60. The second kappa shape index (κ2) is 11.1. The van der Waals surface area contributed by atoms with Crippen LogP contribution in [0, 0.1) is 0 Å². The van der Waals surface area contributed by atoms with Crippen LogP contribution in [0.2, 0.25) is 0 Å². The molecule has 26 heavy (non-hydrogen) atoms. The van der Waals surface area contributed by atoms with E-state index in [9.17, 15) is 14.4 Å². The lowest BCUT2D eigenvalue weighted by Gasteiger charge is -2.14. The van der Waals surface area contributed by atoms with E-state index in [1.54, 1.807) is 0 Å². The Hall–Kier alpha value is -2.61. The predicted molar refractivity (Wildman–Crippen MR) is 96.5 cm³/mol. The van der Waals surface area contributed by atoms with Gasteiger partial charge in [0.25, 0.3) is 0 Å². The Morgan fingerprint density at radius 1 is 1.23 bits per heavy atom. The molecule has 1 aromatic carbocycles. The number of hydrogen-bond donors (Lipinski definition) is 4. The summed E-state index contributed by atoms with van der Waals surface area (Å²) in [6.07, 6.45) is 1.78. The van der Waals surface area contributed by atoms with Crippen LogP contribution >= 0.6 is 0 Å². The maximum Gasteiger partial charge on any atom is 0.325 e. The summed E-state index contributed by atoms with van der Waals surface area (Å²) in [5.74, 6) is -1.45. The Bertz CT molecular complexity index is 603. The highest BCUT2D eigenvalue weighted by molar-refractivity contribution is 5.89. The van der Waals surface area contributed by atoms with Crippen molar-refractivity contribution in [3.63, 3.8) is 0 Å². The number of aliphatic carboxylic acids is 1. The van der Waals surface area contributed by atoms with Gasteiger partial charge < -0.3 is 26.2 Å². The smallest absolute Gasteiger partial charge is 0.325 e. The molecule has 0 aliphatic carbocycles. The van der Waals surface area contributed by atoms with Gasteiger partial charge in [-0.15, -0.1) is 0 Å². The van der Waals surface area contributed by atoms with Crippen molar-refractivity contribution < 1.29 is 24.2 Å². The van der Waals surface area contributed by atoms with Crippen molar-refractivity contribution in [2.24, 2.45) is 5.73 Å². The number of carboxylic acid groups (broad SMARTS) is 1. The summed E-state index contributed by atoms with van der Waals surface area (Å²) < 4.78 is 5.56. The van der Waals surface area contributed by atoms with E-state index < -0.39 is 29.9 Å². The standard InChI is InChI=1S/C18H27N3O5/c1-3-4-9-26-14-7-5-13(6-8-14)11-20-17(23)15(19)10-16(22)21-12(2)18(24)25/h5-8,12,15H,3-4,9-11,19H2,1-2H3,(H,20,23)(H,21,22)(H,24,25)/t12-,15-/m0/s1. The van der Waals surface area contributed by atoms with Crippen molar-refractivity contribution in [1.82, 2.24) is 10.6 Å². The van der Waals surface area contributed by atoms with Crippen LogP contribution in [0.4, 0.5) is 0 Å². The SMILES string of the molecule is CCCCOc1ccc(CNC(=O)[C@@H](N)CC(=O)N[C@@H](C)C(=O)O)cc1. The largest absolute Gasteiger partial charge is 0.494 e. The topological polar surface area (TPSA) is 131 Å². The minimum absolute atomic E-state index is 0.273. The number of unbranched alkanes of at least 4 members (excludes halogenated alkanes) is 1. The summed E-state index contributed by atoms with van der Waals surface area (Å²) in [4.78, 5) is 34.3. The van der Waals surface area contributed by atoms with Gasteiger partial charge in [-0.1, -0.05) is 25.5 Å². The Morgan fingerprint density at radius 3 is 2.46 bits per heavy atom. The molecule has 0 aliphatic rings. The molecule has 1 aromatic rings. The van der Waals surface area contributed by atoms with Crippen LogP contribution in [-0.4, -0.2) is 41.6 Å². The summed E-state index contributed by atoms with van der Waals surface area (Å²) in [5, 5.41) is 13.6. The highest BCUT2D eigenvalue weighted by Crippen LogP contribution is 2.12. The number of hydrogen-bond acceptors (Lipinski definition) is 5. The first-order chi connectivity index (χ1) is 12.3. The molecule has 0 fully saturated rings. The van der Waals surface area contributed by atoms with Crippen LogP contribution in [0.5, 0.6) is 5.75 Å². The monoisotopic (exact) mass is 365 g/mol. The number of amides is 2.